The van der Waals surface area contributed by atoms with Gasteiger partial charge in [-0.3, -0.25) is 4.79 Å². The Kier molecular flexibility index (Phi) is 3.57. The average molecular weight is 269 g/mol. The average Bonchev–Trinajstić information content (AvgIpc) is 2.43. The zero-order valence-electron chi connectivity index (χ0n) is 11.3. The van der Waals surface area contributed by atoms with Crippen molar-refractivity contribution in [2.24, 2.45) is 5.41 Å². The number of carboxylic acid groups (broad SMARTS) is 1. The van der Waals surface area contributed by atoms with E-state index in [4.69, 9.17) is 5.11 Å². The molecule has 0 aliphatic carbocycles. The van der Waals surface area contributed by atoms with E-state index in [9.17, 15) is 10.1 Å². The van der Waals surface area contributed by atoms with E-state index in [0.717, 1.165) is 10.9 Å². The third kappa shape index (κ3) is 2.69. The topological polar surface area (TPSA) is 86.0 Å². The first-order valence-corrected chi connectivity index (χ1v) is 6.21. The smallest absolute Gasteiger partial charge is 0.310 e. The molecule has 5 heteroatoms. The number of rotatable bonds is 4. The van der Waals surface area contributed by atoms with E-state index >= 15 is 0 Å². The van der Waals surface area contributed by atoms with Crippen LogP contribution in [0.25, 0.3) is 10.9 Å². The van der Waals surface area contributed by atoms with Gasteiger partial charge in [-0.25, -0.2) is 4.98 Å². The number of hydrogen-bond acceptors (Lipinski definition) is 4. The lowest BCUT2D eigenvalue weighted by molar-refractivity contribution is -0.146. The standard InChI is InChI=1S/C15H15N3O2/c1-15(2,14(19)20)9-17-13-11(8-16)7-10-5-3-4-6-12(10)18-13/h3-7H,9H2,1-2H3,(H,17,18)(H,19,20). The number of para-hydroxylation sites is 1. The quantitative estimate of drug-likeness (QED) is 0.891. The Morgan fingerprint density at radius 3 is 2.80 bits per heavy atom. The molecule has 1 aromatic carbocycles. The van der Waals surface area contributed by atoms with Crippen molar-refractivity contribution in [3.63, 3.8) is 0 Å². The van der Waals surface area contributed by atoms with Crippen LogP contribution in [0.4, 0.5) is 5.82 Å². The highest BCUT2D eigenvalue weighted by atomic mass is 16.4. The van der Waals surface area contributed by atoms with Crippen LogP contribution in [-0.2, 0) is 4.79 Å². The van der Waals surface area contributed by atoms with Gasteiger partial charge < -0.3 is 10.4 Å². The van der Waals surface area contributed by atoms with Crippen molar-refractivity contribution in [2.75, 3.05) is 11.9 Å². The lowest BCUT2D eigenvalue weighted by Crippen LogP contribution is -2.32. The van der Waals surface area contributed by atoms with Gasteiger partial charge >= 0.3 is 5.97 Å². The molecule has 0 aliphatic heterocycles. The molecule has 2 N–H and O–H groups in total. The third-order valence-electron chi connectivity index (χ3n) is 3.12. The molecule has 102 valence electrons. The Labute approximate surface area is 116 Å². The molecule has 2 aromatic rings. The molecule has 0 amide bonds. The number of nitrogens with zero attached hydrogens (tertiary/aromatic N) is 2. The summed E-state index contributed by atoms with van der Waals surface area (Å²) in [6, 6.07) is 11.3. The normalized spacial score (nSPS) is 11.1. The summed E-state index contributed by atoms with van der Waals surface area (Å²) in [5.74, 6) is -0.482. The molecular formula is C15H15N3O2. The molecule has 20 heavy (non-hydrogen) atoms. The van der Waals surface area contributed by atoms with Crippen LogP contribution in [0.1, 0.15) is 19.4 Å². The first-order chi connectivity index (χ1) is 9.44. The lowest BCUT2D eigenvalue weighted by Gasteiger charge is -2.20. The first kappa shape index (κ1) is 13.8. The highest BCUT2D eigenvalue weighted by molar-refractivity contribution is 5.83. The Balaban J connectivity index is 2.34. The minimum absolute atomic E-state index is 0.197. The van der Waals surface area contributed by atoms with Crippen LogP contribution in [-0.4, -0.2) is 22.6 Å². The van der Waals surface area contributed by atoms with Gasteiger partial charge in [-0.1, -0.05) is 18.2 Å². The molecule has 0 spiro atoms. The summed E-state index contributed by atoms with van der Waals surface area (Å²) < 4.78 is 0. The Hall–Kier alpha value is -2.61. The first-order valence-electron chi connectivity index (χ1n) is 6.21. The van der Waals surface area contributed by atoms with Crippen molar-refractivity contribution in [2.45, 2.75) is 13.8 Å². The number of carbonyl (C=O) groups is 1. The number of hydrogen-bond donors (Lipinski definition) is 2. The molecule has 5 nitrogen and oxygen atoms in total. The summed E-state index contributed by atoms with van der Waals surface area (Å²) >= 11 is 0. The fourth-order valence-electron chi connectivity index (χ4n) is 1.72. The molecule has 0 aliphatic rings. The number of anilines is 1. The van der Waals surface area contributed by atoms with Gasteiger partial charge in [-0.15, -0.1) is 0 Å². The van der Waals surface area contributed by atoms with E-state index < -0.39 is 11.4 Å². The lowest BCUT2D eigenvalue weighted by atomic mass is 9.94. The van der Waals surface area contributed by atoms with E-state index in [2.05, 4.69) is 16.4 Å². The Morgan fingerprint density at radius 1 is 1.45 bits per heavy atom. The number of aromatic nitrogens is 1. The third-order valence-corrected chi connectivity index (χ3v) is 3.12. The minimum atomic E-state index is -0.931. The molecule has 0 fully saturated rings. The van der Waals surface area contributed by atoms with Gasteiger partial charge in [-0.05, 0) is 26.0 Å². The number of benzene rings is 1. The zero-order valence-corrected chi connectivity index (χ0v) is 11.3. The highest BCUT2D eigenvalue weighted by Gasteiger charge is 2.27. The van der Waals surface area contributed by atoms with Gasteiger partial charge in [-0.2, -0.15) is 5.26 Å². The number of aliphatic carboxylic acids is 1. The van der Waals surface area contributed by atoms with E-state index in [0.29, 0.717) is 11.4 Å². The van der Waals surface area contributed by atoms with Crippen LogP contribution in [0, 0.1) is 16.7 Å². The number of carboxylic acids is 1. The van der Waals surface area contributed by atoms with Crippen molar-refractivity contribution in [1.82, 2.24) is 4.98 Å². The number of nitrogens with one attached hydrogen (secondary N) is 1. The maximum absolute atomic E-state index is 11.1. The van der Waals surface area contributed by atoms with Gasteiger partial charge in [0.25, 0.3) is 0 Å². The van der Waals surface area contributed by atoms with Gasteiger partial charge in [0.05, 0.1) is 16.5 Å². The maximum Gasteiger partial charge on any atom is 0.310 e. The van der Waals surface area contributed by atoms with Crippen LogP contribution in [0.15, 0.2) is 30.3 Å². The van der Waals surface area contributed by atoms with Crippen LogP contribution in [0.3, 0.4) is 0 Å². The van der Waals surface area contributed by atoms with Crippen LogP contribution >= 0.6 is 0 Å². The fourth-order valence-corrected chi connectivity index (χ4v) is 1.72. The molecule has 0 saturated heterocycles. The number of pyridine rings is 1. The van der Waals surface area contributed by atoms with Crippen molar-refractivity contribution >= 4 is 22.7 Å². The molecule has 0 atom stereocenters. The summed E-state index contributed by atoms with van der Waals surface area (Å²) in [4.78, 5) is 15.5. The Bertz CT molecular complexity index is 702. The number of nitriles is 1. The Morgan fingerprint density at radius 2 is 2.15 bits per heavy atom. The van der Waals surface area contributed by atoms with Gasteiger partial charge in [0.15, 0.2) is 0 Å². The molecule has 0 radical (unpaired) electrons. The van der Waals surface area contributed by atoms with Crippen molar-refractivity contribution in [3.8, 4) is 6.07 Å². The van der Waals surface area contributed by atoms with Crippen molar-refractivity contribution < 1.29 is 9.90 Å². The zero-order chi connectivity index (χ0) is 14.8. The van der Waals surface area contributed by atoms with Crippen LogP contribution in [0.5, 0.6) is 0 Å². The minimum Gasteiger partial charge on any atom is -0.481 e. The second kappa shape index (κ2) is 5.17. The van der Waals surface area contributed by atoms with E-state index in [-0.39, 0.29) is 6.54 Å². The van der Waals surface area contributed by atoms with Crippen molar-refractivity contribution in [3.05, 3.63) is 35.9 Å². The van der Waals surface area contributed by atoms with Gasteiger partial charge in [0, 0.05) is 11.9 Å². The van der Waals surface area contributed by atoms with E-state index in [1.165, 1.54) is 0 Å². The SMILES string of the molecule is CC(C)(CNc1nc2ccccc2cc1C#N)C(=O)O. The molecule has 0 bridgehead atoms. The van der Waals surface area contributed by atoms with Crippen LogP contribution < -0.4 is 5.32 Å². The highest BCUT2D eigenvalue weighted by Crippen LogP contribution is 2.22. The van der Waals surface area contributed by atoms with Gasteiger partial charge in [0.2, 0.25) is 0 Å². The summed E-state index contributed by atoms with van der Waals surface area (Å²) in [7, 11) is 0. The monoisotopic (exact) mass is 269 g/mol. The predicted octanol–water partition coefficient (Wildman–Crippen LogP) is 2.63. The largest absolute Gasteiger partial charge is 0.481 e. The molecular weight excluding hydrogens is 254 g/mol. The molecule has 1 aromatic heterocycles. The molecule has 0 unspecified atom stereocenters. The van der Waals surface area contributed by atoms with Gasteiger partial charge in [0.1, 0.15) is 11.9 Å². The number of fused-ring (bicyclic) bond motifs is 1. The van der Waals surface area contributed by atoms with E-state index in [1.807, 2.05) is 24.3 Å². The maximum atomic E-state index is 11.1. The fraction of sp³-hybridized carbons (Fsp3) is 0.267. The summed E-state index contributed by atoms with van der Waals surface area (Å²) in [6.45, 7) is 3.44. The summed E-state index contributed by atoms with van der Waals surface area (Å²) in [5, 5.41) is 22.1. The molecule has 1 heterocycles. The van der Waals surface area contributed by atoms with Crippen LogP contribution in [0.2, 0.25) is 0 Å². The summed E-state index contributed by atoms with van der Waals surface area (Å²) in [6.07, 6.45) is 0. The summed E-state index contributed by atoms with van der Waals surface area (Å²) in [5.41, 5.74) is 0.243. The second-order valence-electron chi connectivity index (χ2n) is 5.23. The van der Waals surface area contributed by atoms with Crippen molar-refractivity contribution in [1.29, 1.82) is 5.26 Å². The molecule has 0 saturated carbocycles. The second-order valence-corrected chi connectivity index (χ2v) is 5.23. The predicted molar refractivity (Wildman–Crippen MR) is 76.4 cm³/mol. The van der Waals surface area contributed by atoms with E-state index in [1.54, 1.807) is 19.9 Å². The molecule has 2 rings (SSSR count).